The maximum Gasteiger partial charge on any atom is 0.135 e. The first-order valence-corrected chi connectivity index (χ1v) is 6.76. The summed E-state index contributed by atoms with van der Waals surface area (Å²) in [6, 6.07) is 16.2. The van der Waals surface area contributed by atoms with Gasteiger partial charge in [0.25, 0.3) is 0 Å². The Morgan fingerprint density at radius 3 is 2.47 bits per heavy atom. The Balaban J connectivity index is 2.18. The summed E-state index contributed by atoms with van der Waals surface area (Å²) in [6.45, 7) is 0. The van der Waals surface area contributed by atoms with Crippen LogP contribution in [-0.4, -0.2) is 0 Å². The van der Waals surface area contributed by atoms with Crippen LogP contribution in [0.3, 0.4) is 0 Å². The van der Waals surface area contributed by atoms with Crippen molar-refractivity contribution < 1.29 is 4.42 Å². The second kappa shape index (κ2) is 4.31. The molecule has 1 heterocycles. The first kappa shape index (κ1) is 11.1. The molecule has 0 radical (unpaired) electrons. The standard InChI is InChI=1S/C14H8Br2O/c15-11-3-1-2-9(6-11)14-8-10-7-12(16)4-5-13(10)17-14/h1-8H. The lowest BCUT2D eigenvalue weighted by molar-refractivity contribution is 0.631. The topological polar surface area (TPSA) is 13.1 Å². The van der Waals surface area contributed by atoms with Crippen molar-refractivity contribution in [1.82, 2.24) is 0 Å². The summed E-state index contributed by atoms with van der Waals surface area (Å²) in [5.74, 6) is 0.888. The lowest BCUT2D eigenvalue weighted by Gasteiger charge is -1.96. The van der Waals surface area contributed by atoms with Crippen LogP contribution in [0.25, 0.3) is 22.3 Å². The third-order valence-corrected chi connectivity index (χ3v) is 3.57. The molecule has 0 amide bonds. The highest BCUT2D eigenvalue weighted by atomic mass is 79.9. The van der Waals surface area contributed by atoms with E-state index >= 15 is 0 Å². The third-order valence-electron chi connectivity index (χ3n) is 2.59. The molecule has 84 valence electrons. The predicted octanol–water partition coefficient (Wildman–Crippen LogP) is 5.62. The van der Waals surface area contributed by atoms with Crippen LogP contribution in [0.4, 0.5) is 0 Å². The molecule has 3 aromatic rings. The van der Waals surface area contributed by atoms with Gasteiger partial charge in [0.1, 0.15) is 11.3 Å². The molecule has 0 unspecified atom stereocenters. The van der Waals surface area contributed by atoms with Gasteiger partial charge >= 0.3 is 0 Å². The normalized spacial score (nSPS) is 10.9. The molecule has 0 spiro atoms. The zero-order valence-corrected chi connectivity index (χ0v) is 12.0. The van der Waals surface area contributed by atoms with E-state index in [1.165, 1.54) is 0 Å². The van der Waals surface area contributed by atoms with E-state index in [1.54, 1.807) is 0 Å². The molecule has 0 aliphatic rings. The second-order valence-corrected chi connectivity index (χ2v) is 5.63. The number of fused-ring (bicyclic) bond motifs is 1. The zero-order chi connectivity index (χ0) is 11.8. The highest BCUT2D eigenvalue weighted by Crippen LogP contribution is 2.30. The number of rotatable bonds is 1. The van der Waals surface area contributed by atoms with Gasteiger partial charge in [0.15, 0.2) is 0 Å². The number of halogens is 2. The fraction of sp³-hybridized carbons (Fsp3) is 0. The van der Waals surface area contributed by atoms with E-state index in [1.807, 2.05) is 36.4 Å². The summed E-state index contributed by atoms with van der Waals surface area (Å²) in [5.41, 5.74) is 1.98. The van der Waals surface area contributed by atoms with Crippen LogP contribution in [0.15, 0.2) is 61.9 Å². The summed E-state index contributed by atoms with van der Waals surface area (Å²) in [6.07, 6.45) is 0. The Labute approximate surface area is 116 Å². The maximum atomic E-state index is 5.82. The average Bonchev–Trinajstić information content (AvgIpc) is 2.72. The smallest absolute Gasteiger partial charge is 0.135 e. The van der Waals surface area contributed by atoms with Crippen molar-refractivity contribution in [1.29, 1.82) is 0 Å². The van der Waals surface area contributed by atoms with Gasteiger partial charge in [0.05, 0.1) is 0 Å². The summed E-state index contributed by atoms with van der Waals surface area (Å²) in [7, 11) is 0. The molecule has 1 nitrogen and oxygen atoms in total. The molecular formula is C14H8Br2O. The molecule has 0 N–H and O–H groups in total. The van der Waals surface area contributed by atoms with Gasteiger partial charge in [-0.05, 0) is 36.4 Å². The minimum atomic E-state index is 0.888. The van der Waals surface area contributed by atoms with Crippen LogP contribution in [-0.2, 0) is 0 Å². The first-order valence-electron chi connectivity index (χ1n) is 5.17. The molecule has 0 saturated carbocycles. The van der Waals surface area contributed by atoms with E-state index in [-0.39, 0.29) is 0 Å². The summed E-state index contributed by atoms with van der Waals surface area (Å²) in [4.78, 5) is 0. The van der Waals surface area contributed by atoms with Gasteiger partial charge in [-0.2, -0.15) is 0 Å². The van der Waals surface area contributed by atoms with Crippen LogP contribution < -0.4 is 0 Å². The average molecular weight is 352 g/mol. The van der Waals surface area contributed by atoms with Crippen LogP contribution in [0.1, 0.15) is 0 Å². The Morgan fingerprint density at radius 1 is 0.824 bits per heavy atom. The van der Waals surface area contributed by atoms with Gasteiger partial charge in [-0.15, -0.1) is 0 Å². The molecule has 0 bridgehead atoms. The molecule has 0 saturated heterocycles. The van der Waals surface area contributed by atoms with Crippen LogP contribution >= 0.6 is 31.9 Å². The second-order valence-electron chi connectivity index (χ2n) is 3.80. The highest BCUT2D eigenvalue weighted by Gasteiger charge is 2.06. The van der Waals surface area contributed by atoms with E-state index in [2.05, 4.69) is 44.0 Å². The molecule has 3 rings (SSSR count). The number of furan rings is 1. The third kappa shape index (κ3) is 2.17. The van der Waals surface area contributed by atoms with Gasteiger partial charge in [-0.3, -0.25) is 0 Å². The number of hydrogen-bond donors (Lipinski definition) is 0. The van der Waals surface area contributed by atoms with Crippen molar-refractivity contribution in [3.05, 3.63) is 57.5 Å². The fourth-order valence-electron chi connectivity index (χ4n) is 1.80. The highest BCUT2D eigenvalue weighted by molar-refractivity contribution is 9.10. The Morgan fingerprint density at radius 2 is 1.65 bits per heavy atom. The van der Waals surface area contributed by atoms with Crippen molar-refractivity contribution in [2.45, 2.75) is 0 Å². The van der Waals surface area contributed by atoms with E-state index in [0.717, 1.165) is 31.2 Å². The van der Waals surface area contributed by atoms with Gasteiger partial charge in [-0.25, -0.2) is 0 Å². The maximum absolute atomic E-state index is 5.82. The minimum Gasteiger partial charge on any atom is -0.456 e. The van der Waals surface area contributed by atoms with Crippen LogP contribution in [0, 0.1) is 0 Å². The quantitative estimate of drug-likeness (QED) is 0.554. The van der Waals surface area contributed by atoms with E-state index in [0.29, 0.717) is 0 Å². The van der Waals surface area contributed by atoms with Crippen molar-refractivity contribution >= 4 is 42.8 Å². The first-order chi connectivity index (χ1) is 8.22. The molecule has 0 aliphatic heterocycles. The Bertz CT molecular complexity index is 686. The van der Waals surface area contributed by atoms with Crippen LogP contribution in [0.5, 0.6) is 0 Å². The van der Waals surface area contributed by atoms with Crippen molar-refractivity contribution in [2.24, 2.45) is 0 Å². The molecule has 0 aliphatic carbocycles. The summed E-state index contributed by atoms with van der Waals surface area (Å²) < 4.78 is 7.94. The fourth-order valence-corrected chi connectivity index (χ4v) is 2.58. The van der Waals surface area contributed by atoms with Gasteiger partial charge in [-0.1, -0.05) is 44.0 Å². The molecular weight excluding hydrogens is 344 g/mol. The van der Waals surface area contributed by atoms with Crippen molar-refractivity contribution in [2.75, 3.05) is 0 Å². The van der Waals surface area contributed by atoms with Gasteiger partial charge < -0.3 is 4.42 Å². The monoisotopic (exact) mass is 350 g/mol. The molecule has 2 aromatic carbocycles. The van der Waals surface area contributed by atoms with E-state index in [4.69, 9.17) is 4.42 Å². The van der Waals surface area contributed by atoms with Crippen molar-refractivity contribution in [3.8, 4) is 11.3 Å². The van der Waals surface area contributed by atoms with Gasteiger partial charge in [0, 0.05) is 19.9 Å². The Kier molecular flexibility index (Phi) is 2.81. The number of benzene rings is 2. The number of hydrogen-bond acceptors (Lipinski definition) is 1. The van der Waals surface area contributed by atoms with Crippen molar-refractivity contribution in [3.63, 3.8) is 0 Å². The zero-order valence-electron chi connectivity index (χ0n) is 8.78. The lowest BCUT2D eigenvalue weighted by Crippen LogP contribution is -1.72. The molecule has 17 heavy (non-hydrogen) atoms. The lowest BCUT2D eigenvalue weighted by atomic mass is 10.1. The van der Waals surface area contributed by atoms with Gasteiger partial charge in [0.2, 0.25) is 0 Å². The Hall–Kier alpha value is -1.06. The minimum absolute atomic E-state index is 0.888. The largest absolute Gasteiger partial charge is 0.456 e. The summed E-state index contributed by atoms with van der Waals surface area (Å²) >= 11 is 6.93. The molecule has 3 heteroatoms. The molecule has 1 aromatic heterocycles. The SMILES string of the molecule is Brc1cccc(-c2cc3cc(Br)ccc3o2)c1. The molecule has 0 fully saturated rings. The molecule has 0 atom stereocenters. The predicted molar refractivity (Wildman–Crippen MR) is 77.1 cm³/mol. The van der Waals surface area contributed by atoms with E-state index in [9.17, 15) is 0 Å². The summed E-state index contributed by atoms with van der Waals surface area (Å²) in [5, 5.41) is 1.11. The van der Waals surface area contributed by atoms with E-state index < -0.39 is 0 Å². The van der Waals surface area contributed by atoms with Crippen LogP contribution in [0.2, 0.25) is 0 Å².